The second-order valence-corrected chi connectivity index (χ2v) is 6.18. The van der Waals surface area contributed by atoms with Crippen LogP contribution in [0.15, 0.2) is 16.5 Å². The number of hydrogen-bond donors (Lipinski definition) is 1. The number of hydrogen-bond acceptors (Lipinski definition) is 4. The summed E-state index contributed by atoms with van der Waals surface area (Å²) in [6.45, 7) is 4.77. The van der Waals surface area contributed by atoms with Crippen molar-refractivity contribution in [3.8, 4) is 10.8 Å². The molecule has 0 bridgehead atoms. The summed E-state index contributed by atoms with van der Waals surface area (Å²) in [5.41, 5.74) is 7.29. The van der Waals surface area contributed by atoms with Crippen molar-refractivity contribution < 1.29 is 4.42 Å². The molecule has 0 saturated heterocycles. The van der Waals surface area contributed by atoms with Crippen LogP contribution in [0.5, 0.6) is 0 Å². The van der Waals surface area contributed by atoms with Crippen LogP contribution in [0, 0.1) is 13.8 Å². The Kier molecular flexibility index (Phi) is 2.79. The molecule has 3 rings (SSSR count). The lowest BCUT2D eigenvalue weighted by Crippen LogP contribution is -2.41. The second kappa shape index (κ2) is 4.21. The number of rotatable bonds is 3. The first-order valence-electron chi connectivity index (χ1n) is 6.39. The Bertz CT molecular complexity index is 561. The number of nitrogens with zero attached hydrogens (tertiary/aromatic N) is 1. The predicted octanol–water partition coefficient (Wildman–Crippen LogP) is 3.40. The van der Waals surface area contributed by atoms with Gasteiger partial charge in [-0.3, -0.25) is 0 Å². The molecule has 0 aliphatic heterocycles. The zero-order chi connectivity index (χ0) is 12.8. The molecule has 0 amide bonds. The van der Waals surface area contributed by atoms with Crippen molar-refractivity contribution in [2.24, 2.45) is 5.73 Å². The first kappa shape index (κ1) is 11.9. The summed E-state index contributed by atoms with van der Waals surface area (Å²) < 4.78 is 5.65. The van der Waals surface area contributed by atoms with Crippen LogP contribution in [0.25, 0.3) is 10.8 Å². The van der Waals surface area contributed by atoms with Crippen molar-refractivity contribution in [1.82, 2.24) is 4.98 Å². The van der Waals surface area contributed by atoms with Gasteiger partial charge in [-0.2, -0.15) is 0 Å². The van der Waals surface area contributed by atoms with Crippen LogP contribution in [0.3, 0.4) is 0 Å². The third-order valence-corrected chi connectivity index (χ3v) is 5.35. The predicted molar refractivity (Wildman–Crippen MR) is 73.9 cm³/mol. The maximum atomic E-state index is 5.98. The third kappa shape index (κ3) is 1.71. The van der Waals surface area contributed by atoms with Gasteiger partial charge >= 0.3 is 0 Å². The second-order valence-electron chi connectivity index (χ2n) is 5.18. The number of aryl methyl sites for hydroxylation is 2. The van der Waals surface area contributed by atoms with Crippen molar-refractivity contribution in [1.29, 1.82) is 0 Å². The number of thiazole rings is 1. The Balaban J connectivity index is 2.01. The Morgan fingerprint density at radius 3 is 2.67 bits per heavy atom. The molecule has 2 N–H and O–H groups in total. The van der Waals surface area contributed by atoms with E-state index in [1.54, 1.807) is 11.3 Å². The Morgan fingerprint density at radius 1 is 1.39 bits per heavy atom. The van der Waals surface area contributed by atoms with E-state index in [4.69, 9.17) is 10.2 Å². The minimum Gasteiger partial charge on any atom is -0.459 e. The van der Waals surface area contributed by atoms with Crippen molar-refractivity contribution in [3.05, 3.63) is 28.5 Å². The van der Waals surface area contributed by atoms with Crippen molar-refractivity contribution in [3.63, 3.8) is 0 Å². The van der Waals surface area contributed by atoms with Gasteiger partial charge in [-0.1, -0.05) is 6.42 Å². The molecule has 1 aliphatic rings. The molecule has 1 aliphatic carbocycles. The van der Waals surface area contributed by atoms with Gasteiger partial charge in [0.15, 0.2) is 10.8 Å². The van der Waals surface area contributed by atoms with E-state index in [0.717, 1.165) is 28.8 Å². The van der Waals surface area contributed by atoms with Gasteiger partial charge in [-0.15, -0.1) is 11.3 Å². The molecule has 3 nitrogen and oxygen atoms in total. The molecule has 0 unspecified atom stereocenters. The topological polar surface area (TPSA) is 52.0 Å². The number of aromatic nitrogens is 1. The van der Waals surface area contributed by atoms with Gasteiger partial charge in [0.1, 0.15) is 5.76 Å². The quantitative estimate of drug-likeness (QED) is 0.922. The number of nitrogens with two attached hydrogens (primary N) is 1. The van der Waals surface area contributed by atoms with Crippen molar-refractivity contribution >= 4 is 11.3 Å². The summed E-state index contributed by atoms with van der Waals surface area (Å²) in [4.78, 5) is 6.02. The summed E-state index contributed by atoms with van der Waals surface area (Å²) in [5.74, 6) is 1.80. The van der Waals surface area contributed by atoms with E-state index in [-0.39, 0.29) is 5.41 Å². The highest BCUT2D eigenvalue weighted by atomic mass is 32.1. The van der Waals surface area contributed by atoms with E-state index < -0.39 is 0 Å². The van der Waals surface area contributed by atoms with Crippen LogP contribution >= 0.6 is 11.3 Å². The summed E-state index contributed by atoms with van der Waals surface area (Å²) in [5, 5.41) is 0.982. The van der Waals surface area contributed by atoms with Gasteiger partial charge in [-0.05, 0) is 38.8 Å². The molecule has 0 aromatic carbocycles. The minimum atomic E-state index is 0.196. The smallest absolute Gasteiger partial charge is 0.162 e. The summed E-state index contributed by atoms with van der Waals surface area (Å²) >= 11 is 1.75. The maximum absolute atomic E-state index is 5.98. The monoisotopic (exact) mass is 262 g/mol. The average molecular weight is 262 g/mol. The van der Waals surface area contributed by atoms with Crippen LogP contribution < -0.4 is 5.73 Å². The van der Waals surface area contributed by atoms with Gasteiger partial charge in [0.25, 0.3) is 0 Å². The lowest BCUT2D eigenvalue weighted by molar-refractivity contribution is 0.257. The molecule has 0 spiro atoms. The van der Waals surface area contributed by atoms with E-state index in [0.29, 0.717) is 0 Å². The first-order chi connectivity index (χ1) is 8.64. The van der Waals surface area contributed by atoms with Gasteiger partial charge in [0.2, 0.25) is 0 Å². The van der Waals surface area contributed by atoms with E-state index in [1.165, 1.54) is 24.1 Å². The molecule has 4 heteroatoms. The van der Waals surface area contributed by atoms with Gasteiger partial charge in [0, 0.05) is 16.8 Å². The highest BCUT2D eigenvalue weighted by Gasteiger charge is 2.40. The van der Waals surface area contributed by atoms with E-state index in [9.17, 15) is 0 Å². The van der Waals surface area contributed by atoms with Crippen LogP contribution in [-0.4, -0.2) is 11.5 Å². The number of furan rings is 1. The van der Waals surface area contributed by atoms with Gasteiger partial charge < -0.3 is 10.2 Å². The SMILES string of the molecule is Cc1ccc(-c2nc(C)c(C3(CN)CCC3)s2)o1. The zero-order valence-corrected chi connectivity index (χ0v) is 11.6. The molecule has 18 heavy (non-hydrogen) atoms. The highest BCUT2D eigenvalue weighted by Crippen LogP contribution is 2.47. The van der Waals surface area contributed by atoms with Crippen LogP contribution in [-0.2, 0) is 5.41 Å². The molecule has 0 atom stereocenters. The third-order valence-electron chi connectivity index (χ3n) is 3.93. The summed E-state index contributed by atoms with van der Waals surface area (Å²) in [7, 11) is 0. The minimum absolute atomic E-state index is 0.196. The summed E-state index contributed by atoms with van der Waals surface area (Å²) in [6, 6.07) is 3.97. The molecule has 96 valence electrons. The molecule has 1 fully saturated rings. The zero-order valence-electron chi connectivity index (χ0n) is 10.8. The average Bonchev–Trinajstić information content (AvgIpc) is 2.86. The van der Waals surface area contributed by atoms with Crippen LogP contribution in [0.4, 0.5) is 0 Å². The largest absolute Gasteiger partial charge is 0.459 e. The fourth-order valence-corrected chi connectivity index (χ4v) is 3.95. The Hall–Kier alpha value is -1.13. The summed E-state index contributed by atoms with van der Waals surface area (Å²) in [6.07, 6.45) is 3.68. The van der Waals surface area contributed by atoms with Gasteiger partial charge in [0.05, 0.1) is 5.69 Å². The standard InChI is InChI=1S/C14H18N2OS/c1-9-4-5-11(17-9)13-16-10(2)12(18-13)14(8-15)6-3-7-14/h4-5H,3,6-8,15H2,1-2H3. The van der Waals surface area contributed by atoms with Crippen LogP contribution in [0.1, 0.15) is 35.6 Å². The fraction of sp³-hybridized carbons (Fsp3) is 0.500. The normalized spacial score (nSPS) is 17.7. The molecule has 0 radical (unpaired) electrons. The lowest BCUT2D eigenvalue weighted by atomic mass is 9.67. The Labute approximate surface area is 111 Å². The molecular formula is C14H18N2OS. The molecule has 2 heterocycles. The molecule has 2 aromatic rings. The Morgan fingerprint density at radius 2 is 2.17 bits per heavy atom. The van der Waals surface area contributed by atoms with Crippen molar-refractivity contribution in [2.75, 3.05) is 6.54 Å². The van der Waals surface area contributed by atoms with Crippen LogP contribution in [0.2, 0.25) is 0 Å². The fourth-order valence-electron chi connectivity index (χ4n) is 2.67. The first-order valence-corrected chi connectivity index (χ1v) is 7.21. The van der Waals surface area contributed by atoms with E-state index in [2.05, 4.69) is 11.9 Å². The molecule has 1 saturated carbocycles. The van der Waals surface area contributed by atoms with Gasteiger partial charge in [-0.25, -0.2) is 4.98 Å². The molecule has 2 aromatic heterocycles. The van der Waals surface area contributed by atoms with E-state index in [1.807, 2.05) is 19.1 Å². The van der Waals surface area contributed by atoms with E-state index >= 15 is 0 Å². The molecular weight excluding hydrogens is 244 g/mol. The lowest BCUT2D eigenvalue weighted by Gasteiger charge is -2.40. The maximum Gasteiger partial charge on any atom is 0.162 e. The van der Waals surface area contributed by atoms with Crippen molar-refractivity contribution in [2.45, 2.75) is 38.5 Å². The highest BCUT2D eigenvalue weighted by molar-refractivity contribution is 7.15.